The Morgan fingerprint density at radius 3 is 2.46 bits per heavy atom. The summed E-state index contributed by atoms with van der Waals surface area (Å²) in [6.07, 6.45) is 6.41. The minimum atomic E-state index is 0.559. The van der Waals surface area contributed by atoms with Gasteiger partial charge in [0, 0.05) is 42.3 Å². The van der Waals surface area contributed by atoms with Gasteiger partial charge in [0.25, 0.3) is 0 Å². The van der Waals surface area contributed by atoms with Crippen LogP contribution in [0.25, 0.3) is 0 Å². The number of hydrogen-bond donors (Lipinski definition) is 2. The van der Waals surface area contributed by atoms with Crippen LogP contribution in [-0.4, -0.2) is 29.1 Å². The molecule has 1 aromatic heterocycles. The van der Waals surface area contributed by atoms with Crippen LogP contribution >= 0.6 is 0 Å². The Labute approximate surface area is 143 Å². The number of aromatic nitrogens is 2. The van der Waals surface area contributed by atoms with E-state index in [0.29, 0.717) is 6.04 Å². The SMILES string of the molecule is Cc1cc(Nc2ccc(N3CCCCC3)cc2)nc(NC2CC2)n1. The summed E-state index contributed by atoms with van der Waals surface area (Å²) >= 11 is 0. The lowest BCUT2D eigenvalue weighted by molar-refractivity contribution is 0.578. The Hall–Kier alpha value is -2.30. The van der Waals surface area contributed by atoms with Gasteiger partial charge in [0.05, 0.1) is 0 Å². The van der Waals surface area contributed by atoms with Gasteiger partial charge in [-0.1, -0.05) is 0 Å². The Morgan fingerprint density at radius 1 is 1.00 bits per heavy atom. The van der Waals surface area contributed by atoms with Crippen LogP contribution in [0.15, 0.2) is 30.3 Å². The van der Waals surface area contributed by atoms with E-state index in [9.17, 15) is 0 Å². The van der Waals surface area contributed by atoms with Gasteiger partial charge in [-0.05, 0) is 63.3 Å². The summed E-state index contributed by atoms with van der Waals surface area (Å²) in [5.74, 6) is 1.57. The monoisotopic (exact) mass is 323 g/mol. The molecule has 1 aliphatic carbocycles. The maximum absolute atomic E-state index is 4.58. The molecule has 1 aromatic carbocycles. The number of aryl methyl sites for hydroxylation is 1. The molecule has 0 atom stereocenters. The van der Waals surface area contributed by atoms with E-state index >= 15 is 0 Å². The van der Waals surface area contributed by atoms with Crippen molar-refractivity contribution in [2.24, 2.45) is 0 Å². The zero-order valence-electron chi connectivity index (χ0n) is 14.3. The fourth-order valence-electron chi connectivity index (χ4n) is 3.16. The molecule has 1 saturated carbocycles. The van der Waals surface area contributed by atoms with Crippen LogP contribution in [-0.2, 0) is 0 Å². The van der Waals surface area contributed by atoms with Gasteiger partial charge >= 0.3 is 0 Å². The topological polar surface area (TPSA) is 53.1 Å². The largest absolute Gasteiger partial charge is 0.372 e. The van der Waals surface area contributed by atoms with E-state index in [0.717, 1.165) is 23.1 Å². The summed E-state index contributed by atoms with van der Waals surface area (Å²) in [7, 11) is 0. The van der Waals surface area contributed by atoms with Gasteiger partial charge in [0.2, 0.25) is 5.95 Å². The molecule has 0 bridgehead atoms. The van der Waals surface area contributed by atoms with Crippen LogP contribution in [0.1, 0.15) is 37.8 Å². The quantitative estimate of drug-likeness (QED) is 0.868. The number of piperidine rings is 1. The van der Waals surface area contributed by atoms with Crippen molar-refractivity contribution >= 4 is 23.1 Å². The molecular formula is C19H25N5. The van der Waals surface area contributed by atoms with Crippen LogP contribution in [0.3, 0.4) is 0 Å². The predicted molar refractivity (Wildman–Crippen MR) is 99.2 cm³/mol. The molecule has 2 aliphatic rings. The van der Waals surface area contributed by atoms with Crippen LogP contribution in [0.4, 0.5) is 23.1 Å². The fourth-order valence-corrected chi connectivity index (χ4v) is 3.16. The summed E-state index contributed by atoms with van der Waals surface area (Å²) in [6, 6.07) is 11.2. The highest BCUT2D eigenvalue weighted by atomic mass is 15.2. The number of anilines is 4. The second kappa shape index (κ2) is 6.67. The highest BCUT2D eigenvalue weighted by Gasteiger charge is 2.22. The molecule has 0 radical (unpaired) electrons. The van der Waals surface area contributed by atoms with Crippen molar-refractivity contribution in [3.8, 4) is 0 Å². The van der Waals surface area contributed by atoms with E-state index in [-0.39, 0.29) is 0 Å². The van der Waals surface area contributed by atoms with Crippen molar-refractivity contribution in [2.45, 2.75) is 45.1 Å². The first-order valence-electron chi connectivity index (χ1n) is 9.00. The maximum atomic E-state index is 4.58. The lowest BCUT2D eigenvalue weighted by Crippen LogP contribution is -2.29. The fraction of sp³-hybridized carbons (Fsp3) is 0.474. The Morgan fingerprint density at radius 2 is 1.75 bits per heavy atom. The highest BCUT2D eigenvalue weighted by Crippen LogP contribution is 2.26. The van der Waals surface area contributed by atoms with Crippen LogP contribution in [0.2, 0.25) is 0 Å². The first kappa shape index (κ1) is 15.2. The summed E-state index contributed by atoms with van der Waals surface area (Å²) < 4.78 is 0. The molecule has 2 fully saturated rings. The third-order valence-corrected chi connectivity index (χ3v) is 4.63. The molecule has 2 heterocycles. The molecule has 5 nitrogen and oxygen atoms in total. The van der Waals surface area contributed by atoms with E-state index in [1.165, 1.54) is 50.9 Å². The number of hydrogen-bond acceptors (Lipinski definition) is 5. The number of nitrogens with zero attached hydrogens (tertiary/aromatic N) is 3. The first-order chi connectivity index (χ1) is 11.8. The molecule has 5 heteroatoms. The van der Waals surface area contributed by atoms with E-state index in [1.54, 1.807) is 0 Å². The molecule has 0 unspecified atom stereocenters. The zero-order chi connectivity index (χ0) is 16.4. The summed E-state index contributed by atoms with van der Waals surface area (Å²) in [4.78, 5) is 11.5. The molecule has 2 aromatic rings. The van der Waals surface area contributed by atoms with Crippen molar-refractivity contribution < 1.29 is 0 Å². The molecule has 0 amide bonds. The molecule has 0 spiro atoms. The average Bonchev–Trinajstić information content (AvgIpc) is 3.40. The van der Waals surface area contributed by atoms with Crippen molar-refractivity contribution in [3.63, 3.8) is 0 Å². The van der Waals surface area contributed by atoms with Gasteiger partial charge in [-0.25, -0.2) is 4.98 Å². The third kappa shape index (κ3) is 3.78. The van der Waals surface area contributed by atoms with E-state index in [4.69, 9.17) is 0 Å². The molecule has 24 heavy (non-hydrogen) atoms. The van der Waals surface area contributed by atoms with Crippen molar-refractivity contribution in [3.05, 3.63) is 36.0 Å². The number of nitrogens with one attached hydrogen (secondary N) is 2. The maximum Gasteiger partial charge on any atom is 0.225 e. The third-order valence-electron chi connectivity index (χ3n) is 4.63. The van der Waals surface area contributed by atoms with E-state index < -0.39 is 0 Å². The standard InChI is InChI=1S/C19H25N5/c1-14-13-18(23-19(20-14)22-16-5-6-16)21-15-7-9-17(10-8-15)24-11-3-2-4-12-24/h7-10,13,16H,2-6,11-12H2,1H3,(H2,20,21,22,23). The van der Waals surface area contributed by atoms with Gasteiger partial charge in [-0.15, -0.1) is 0 Å². The van der Waals surface area contributed by atoms with Crippen molar-refractivity contribution in [1.29, 1.82) is 0 Å². The summed E-state index contributed by atoms with van der Waals surface area (Å²) in [5, 5.41) is 6.77. The highest BCUT2D eigenvalue weighted by molar-refractivity contribution is 5.61. The summed E-state index contributed by atoms with van der Waals surface area (Å²) in [6.45, 7) is 4.35. The Bertz CT molecular complexity index is 687. The predicted octanol–water partition coefficient (Wildman–Crippen LogP) is 4.09. The van der Waals surface area contributed by atoms with E-state index in [1.807, 2.05) is 13.0 Å². The lowest BCUT2D eigenvalue weighted by Gasteiger charge is -2.28. The second-order valence-electron chi connectivity index (χ2n) is 6.86. The molecule has 2 N–H and O–H groups in total. The normalized spacial score (nSPS) is 17.6. The average molecular weight is 323 g/mol. The molecular weight excluding hydrogens is 298 g/mol. The molecule has 1 aliphatic heterocycles. The van der Waals surface area contributed by atoms with Gasteiger partial charge in [-0.2, -0.15) is 4.98 Å². The van der Waals surface area contributed by atoms with Crippen molar-refractivity contribution in [2.75, 3.05) is 28.6 Å². The van der Waals surface area contributed by atoms with Crippen molar-refractivity contribution in [1.82, 2.24) is 9.97 Å². The smallest absolute Gasteiger partial charge is 0.225 e. The minimum Gasteiger partial charge on any atom is -0.372 e. The molecule has 126 valence electrons. The number of rotatable bonds is 5. The Kier molecular flexibility index (Phi) is 4.24. The minimum absolute atomic E-state index is 0.559. The summed E-state index contributed by atoms with van der Waals surface area (Å²) in [5.41, 5.74) is 3.35. The van der Waals surface area contributed by atoms with Crippen LogP contribution < -0.4 is 15.5 Å². The van der Waals surface area contributed by atoms with Gasteiger partial charge < -0.3 is 15.5 Å². The van der Waals surface area contributed by atoms with Crippen LogP contribution in [0, 0.1) is 6.92 Å². The van der Waals surface area contributed by atoms with Crippen LogP contribution in [0.5, 0.6) is 0 Å². The van der Waals surface area contributed by atoms with Gasteiger partial charge in [-0.3, -0.25) is 0 Å². The lowest BCUT2D eigenvalue weighted by atomic mass is 10.1. The zero-order valence-corrected chi connectivity index (χ0v) is 14.3. The van der Waals surface area contributed by atoms with Gasteiger partial charge in [0.1, 0.15) is 5.82 Å². The molecule has 4 rings (SSSR count). The number of benzene rings is 1. The van der Waals surface area contributed by atoms with Gasteiger partial charge in [0.15, 0.2) is 0 Å². The van der Waals surface area contributed by atoms with E-state index in [2.05, 4.69) is 49.8 Å². The second-order valence-corrected chi connectivity index (χ2v) is 6.86. The first-order valence-corrected chi connectivity index (χ1v) is 9.00. The molecule has 1 saturated heterocycles. The Balaban J connectivity index is 1.45.